The lowest BCUT2D eigenvalue weighted by molar-refractivity contribution is 0.661. The average molecular weight is 607 g/mol. The fourth-order valence-corrected chi connectivity index (χ4v) is 6.61. The number of para-hydroxylation sites is 1. The van der Waals surface area contributed by atoms with Crippen LogP contribution in [0.4, 0.5) is 0 Å². The van der Waals surface area contributed by atoms with Crippen molar-refractivity contribution in [2.75, 3.05) is 7.05 Å². The number of hydrogen-bond acceptors (Lipinski definition) is 3. The number of hydrazine groups is 1. The number of nitrogens with two attached hydrogens (primary N) is 2. The molecule has 0 fully saturated rings. The number of allylic oxidation sites excluding steroid dienone is 3. The predicted octanol–water partition coefficient (Wildman–Crippen LogP) is 9.58. The number of benzene rings is 5. The van der Waals surface area contributed by atoms with Crippen molar-refractivity contribution in [1.82, 2.24) is 9.99 Å². The molecule has 0 amide bonds. The maximum atomic E-state index is 5.33. The molecule has 0 radical (unpaired) electrons. The molecule has 0 saturated heterocycles. The van der Waals surface area contributed by atoms with Gasteiger partial charge >= 0.3 is 0 Å². The number of aromatic nitrogens is 1. The van der Waals surface area contributed by atoms with E-state index in [9.17, 15) is 0 Å². The summed E-state index contributed by atoms with van der Waals surface area (Å²) in [6, 6.07) is 42.3. The van der Waals surface area contributed by atoms with E-state index in [1.165, 1.54) is 60.9 Å². The van der Waals surface area contributed by atoms with E-state index < -0.39 is 0 Å². The first-order valence-corrected chi connectivity index (χ1v) is 16.2. The number of nitrogens with zero attached hydrogens (tertiary/aromatic N) is 1. The highest BCUT2D eigenvalue weighted by Gasteiger charge is 2.37. The second-order valence-electron chi connectivity index (χ2n) is 11.9. The fraction of sp³-hybridized carbons (Fsp3) is 0.190. The number of rotatable bonds is 3. The van der Waals surface area contributed by atoms with Gasteiger partial charge in [-0.05, 0) is 65.6 Å². The minimum Gasteiger partial charge on any atom is -0.402 e. The SMILES string of the molecule is CC.CC1(C)c2ccccc2-c2c1ccc1c3ccccc3n(-c3cccc(Cc4ccccc4)c3)c21.CNN.NC1=CC=CC1. The molecule has 0 bridgehead atoms. The molecule has 5 N–H and O–H groups in total. The molecule has 0 atom stereocenters. The quantitative estimate of drug-likeness (QED) is 0.139. The van der Waals surface area contributed by atoms with Gasteiger partial charge in [-0.25, -0.2) is 0 Å². The van der Waals surface area contributed by atoms with Crippen LogP contribution in [-0.4, -0.2) is 11.6 Å². The largest absolute Gasteiger partial charge is 0.402 e. The van der Waals surface area contributed by atoms with E-state index in [1.54, 1.807) is 7.05 Å². The van der Waals surface area contributed by atoms with E-state index in [0.29, 0.717) is 0 Å². The maximum Gasteiger partial charge on any atom is 0.0622 e. The lowest BCUT2D eigenvalue weighted by Crippen LogP contribution is -2.14. The van der Waals surface area contributed by atoms with Crippen molar-refractivity contribution in [1.29, 1.82) is 0 Å². The third-order valence-corrected chi connectivity index (χ3v) is 8.60. The first-order chi connectivity index (χ1) is 22.4. The summed E-state index contributed by atoms with van der Waals surface area (Å²) in [5.74, 6) is 4.60. The highest BCUT2D eigenvalue weighted by molar-refractivity contribution is 6.15. The minimum absolute atomic E-state index is 0.0173. The molecule has 4 heteroatoms. The Kier molecular flexibility index (Phi) is 10.2. The maximum absolute atomic E-state index is 5.33. The van der Waals surface area contributed by atoms with Crippen LogP contribution in [0.25, 0.3) is 38.6 Å². The first kappa shape index (κ1) is 32.5. The molecule has 8 rings (SSSR count). The Balaban J connectivity index is 0.000000329. The lowest BCUT2D eigenvalue weighted by atomic mass is 9.82. The molecule has 5 aromatic carbocycles. The van der Waals surface area contributed by atoms with Crippen LogP contribution in [0.15, 0.2) is 139 Å². The molecular weight excluding hydrogens is 560 g/mol. The topological polar surface area (TPSA) is 69.0 Å². The molecule has 0 aliphatic heterocycles. The van der Waals surface area contributed by atoms with E-state index in [-0.39, 0.29) is 5.41 Å². The van der Waals surface area contributed by atoms with Gasteiger partial charge in [-0.1, -0.05) is 137 Å². The molecule has 4 nitrogen and oxygen atoms in total. The molecule has 0 spiro atoms. The molecule has 46 heavy (non-hydrogen) atoms. The van der Waals surface area contributed by atoms with Crippen LogP contribution < -0.4 is 17.0 Å². The summed E-state index contributed by atoms with van der Waals surface area (Å²) in [6.45, 7) is 8.72. The zero-order valence-corrected chi connectivity index (χ0v) is 27.7. The molecule has 0 saturated carbocycles. The number of fused-ring (bicyclic) bond motifs is 7. The summed E-state index contributed by atoms with van der Waals surface area (Å²) in [7, 11) is 1.65. The average Bonchev–Trinajstić information content (AvgIpc) is 3.76. The van der Waals surface area contributed by atoms with Gasteiger partial charge in [0.2, 0.25) is 0 Å². The number of hydrogen-bond donors (Lipinski definition) is 3. The summed E-state index contributed by atoms with van der Waals surface area (Å²) in [4.78, 5) is 0. The smallest absolute Gasteiger partial charge is 0.0622 e. The van der Waals surface area contributed by atoms with Crippen molar-refractivity contribution in [3.05, 3.63) is 161 Å². The van der Waals surface area contributed by atoms with Crippen LogP contribution in [-0.2, 0) is 11.8 Å². The molecule has 6 aromatic rings. The van der Waals surface area contributed by atoms with Gasteiger partial charge in [-0.2, -0.15) is 0 Å². The number of nitrogens with one attached hydrogen (secondary N) is 1. The standard InChI is InChI=1S/C34H27N.C5H7N.C2H6.CH6N2/c1-34(2)29-17-8-6-16-28(29)32-30(34)20-19-27-26-15-7-9-18-31(26)35(33(27)32)25-14-10-13-24(22-25)21-23-11-4-3-5-12-23;6-5-3-1-2-4-5;1-2;1-3-2/h3-20,22H,21H2,1-2H3;1-3H,4,6H2;1-2H3;3H,2H2,1H3. The molecule has 2 aliphatic carbocycles. The monoisotopic (exact) mass is 606 g/mol. The lowest BCUT2D eigenvalue weighted by Gasteiger charge is -2.21. The highest BCUT2D eigenvalue weighted by atomic mass is 15.2. The molecule has 0 unspecified atom stereocenters. The highest BCUT2D eigenvalue weighted by Crippen LogP contribution is 2.52. The second kappa shape index (κ2) is 14.5. The van der Waals surface area contributed by atoms with E-state index >= 15 is 0 Å². The first-order valence-electron chi connectivity index (χ1n) is 16.2. The van der Waals surface area contributed by atoms with E-state index in [1.807, 2.05) is 32.1 Å². The van der Waals surface area contributed by atoms with Gasteiger partial charge in [0.1, 0.15) is 0 Å². The van der Waals surface area contributed by atoms with Crippen LogP contribution in [0.1, 0.15) is 56.4 Å². The Labute approximate surface area is 274 Å². The van der Waals surface area contributed by atoms with Crippen molar-refractivity contribution in [3.8, 4) is 16.8 Å². The van der Waals surface area contributed by atoms with Crippen molar-refractivity contribution < 1.29 is 0 Å². The Morgan fingerprint density at radius 2 is 1.41 bits per heavy atom. The van der Waals surface area contributed by atoms with Crippen LogP contribution in [0.2, 0.25) is 0 Å². The van der Waals surface area contributed by atoms with Crippen LogP contribution in [0.5, 0.6) is 0 Å². The summed E-state index contributed by atoms with van der Waals surface area (Å²) < 4.78 is 2.50. The third kappa shape index (κ3) is 6.28. The molecule has 2 aliphatic rings. The molecule has 1 heterocycles. The van der Waals surface area contributed by atoms with Crippen molar-refractivity contribution in [2.24, 2.45) is 11.6 Å². The van der Waals surface area contributed by atoms with Crippen molar-refractivity contribution >= 4 is 21.8 Å². The van der Waals surface area contributed by atoms with Crippen molar-refractivity contribution in [2.45, 2.75) is 46.0 Å². The van der Waals surface area contributed by atoms with E-state index in [4.69, 9.17) is 5.73 Å². The zero-order chi connectivity index (χ0) is 32.7. The van der Waals surface area contributed by atoms with Crippen molar-refractivity contribution in [3.63, 3.8) is 0 Å². The van der Waals surface area contributed by atoms with Crippen LogP contribution in [0.3, 0.4) is 0 Å². The van der Waals surface area contributed by atoms with Gasteiger partial charge < -0.3 is 10.3 Å². The van der Waals surface area contributed by atoms with Crippen LogP contribution in [0, 0.1) is 0 Å². The van der Waals surface area contributed by atoms with Gasteiger partial charge in [0.05, 0.1) is 11.0 Å². The van der Waals surface area contributed by atoms with E-state index in [2.05, 4.69) is 145 Å². The van der Waals surface area contributed by atoms with Gasteiger partial charge in [-0.15, -0.1) is 0 Å². The fourth-order valence-electron chi connectivity index (χ4n) is 6.61. The van der Waals surface area contributed by atoms with Gasteiger partial charge in [0.15, 0.2) is 0 Å². The van der Waals surface area contributed by atoms with Gasteiger partial charge in [0.25, 0.3) is 0 Å². The van der Waals surface area contributed by atoms with Gasteiger partial charge in [-0.3, -0.25) is 11.3 Å². The Morgan fingerprint density at radius 3 is 2.11 bits per heavy atom. The second-order valence-corrected chi connectivity index (χ2v) is 11.9. The Morgan fingerprint density at radius 1 is 0.739 bits per heavy atom. The summed E-state index contributed by atoms with van der Waals surface area (Å²) in [6.07, 6.45) is 7.80. The van der Waals surface area contributed by atoms with Crippen LogP contribution >= 0.6 is 0 Å². The summed E-state index contributed by atoms with van der Waals surface area (Å²) in [5.41, 5.74) is 20.6. The minimum atomic E-state index is -0.0173. The summed E-state index contributed by atoms with van der Waals surface area (Å²) >= 11 is 0. The molecule has 234 valence electrons. The van der Waals surface area contributed by atoms with Gasteiger partial charge in [0, 0.05) is 39.6 Å². The molecule has 1 aromatic heterocycles. The van der Waals surface area contributed by atoms with E-state index in [0.717, 1.165) is 18.5 Å². The predicted molar refractivity (Wildman–Crippen MR) is 198 cm³/mol. The Bertz CT molecular complexity index is 1990. The molecular formula is C42H46N4. The Hall–Kier alpha value is -4.90. The summed E-state index contributed by atoms with van der Waals surface area (Å²) in [5, 5.41) is 2.63. The normalized spacial score (nSPS) is 13.4. The zero-order valence-electron chi connectivity index (χ0n) is 27.7. The third-order valence-electron chi connectivity index (χ3n) is 8.60.